The predicted molar refractivity (Wildman–Crippen MR) is 99.9 cm³/mol. The van der Waals surface area contributed by atoms with Crippen LogP contribution in [0.2, 0.25) is 0 Å². The first-order valence-corrected chi connectivity index (χ1v) is 8.64. The number of hydrogen-bond donors (Lipinski definition) is 1. The van der Waals surface area contributed by atoms with Gasteiger partial charge in [-0.15, -0.1) is 0 Å². The first-order chi connectivity index (χ1) is 11.5. The highest BCUT2D eigenvalue weighted by molar-refractivity contribution is 5.93. The van der Waals surface area contributed by atoms with Gasteiger partial charge in [0.2, 0.25) is 0 Å². The van der Waals surface area contributed by atoms with Crippen LogP contribution in [0.3, 0.4) is 0 Å². The molecule has 0 aliphatic heterocycles. The second-order valence-electron chi connectivity index (χ2n) is 6.15. The van der Waals surface area contributed by atoms with E-state index in [4.69, 9.17) is 0 Å². The number of nitrogens with zero attached hydrogens (tertiary/aromatic N) is 2. The van der Waals surface area contributed by atoms with Gasteiger partial charge in [0.25, 0.3) is 5.91 Å². The molecule has 0 aliphatic rings. The summed E-state index contributed by atoms with van der Waals surface area (Å²) in [5.41, 5.74) is 4.89. The summed E-state index contributed by atoms with van der Waals surface area (Å²) in [6.45, 7) is 9.89. The Balaban J connectivity index is 2.18. The largest absolute Gasteiger partial charge is 0.355 e. The number of aryl methyl sites for hydroxylation is 2. The molecule has 24 heavy (non-hydrogen) atoms. The highest BCUT2D eigenvalue weighted by atomic mass is 16.2. The minimum Gasteiger partial charge on any atom is -0.355 e. The minimum absolute atomic E-state index is 0.00226. The van der Waals surface area contributed by atoms with Gasteiger partial charge in [0.05, 0.1) is 0 Å². The SMILES string of the molecule is CCCN(CCC)C(=O)c1cc(Nc2ccc(C)c(C)c2)ccn1. The Morgan fingerprint density at radius 1 is 1.00 bits per heavy atom. The van der Waals surface area contributed by atoms with E-state index in [1.165, 1.54) is 11.1 Å². The summed E-state index contributed by atoms with van der Waals surface area (Å²) in [6, 6.07) is 9.96. The first-order valence-electron chi connectivity index (χ1n) is 8.64. The van der Waals surface area contributed by atoms with Gasteiger partial charge >= 0.3 is 0 Å². The summed E-state index contributed by atoms with van der Waals surface area (Å²) in [7, 11) is 0. The van der Waals surface area contributed by atoms with Crippen LogP contribution in [0.4, 0.5) is 11.4 Å². The first kappa shape index (κ1) is 18.0. The van der Waals surface area contributed by atoms with Gasteiger partial charge < -0.3 is 10.2 Å². The number of benzene rings is 1. The Labute approximate surface area is 144 Å². The number of carbonyl (C=O) groups excluding carboxylic acids is 1. The molecule has 128 valence electrons. The number of nitrogens with one attached hydrogen (secondary N) is 1. The van der Waals surface area contributed by atoms with E-state index in [0.717, 1.165) is 37.3 Å². The molecular weight excluding hydrogens is 298 g/mol. The lowest BCUT2D eigenvalue weighted by molar-refractivity contribution is 0.0749. The van der Waals surface area contributed by atoms with Crippen molar-refractivity contribution < 1.29 is 4.79 Å². The fourth-order valence-electron chi connectivity index (χ4n) is 2.63. The zero-order valence-corrected chi connectivity index (χ0v) is 15.1. The van der Waals surface area contributed by atoms with Gasteiger partial charge in [0.1, 0.15) is 5.69 Å². The van der Waals surface area contributed by atoms with E-state index in [0.29, 0.717) is 5.69 Å². The Kier molecular flexibility index (Phi) is 6.36. The average molecular weight is 325 g/mol. The second-order valence-corrected chi connectivity index (χ2v) is 6.15. The van der Waals surface area contributed by atoms with Crippen LogP contribution in [0.5, 0.6) is 0 Å². The summed E-state index contributed by atoms with van der Waals surface area (Å²) < 4.78 is 0. The normalized spacial score (nSPS) is 10.5. The highest BCUT2D eigenvalue weighted by Crippen LogP contribution is 2.20. The molecule has 2 rings (SSSR count). The average Bonchev–Trinajstić information content (AvgIpc) is 2.58. The highest BCUT2D eigenvalue weighted by Gasteiger charge is 2.15. The molecule has 2 aromatic rings. The third kappa shape index (κ3) is 4.57. The predicted octanol–water partition coefficient (Wildman–Crippen LogP) is 4.70. The molecule has 0 unspecified atom stereocenters. The van der Waals surface area contributed by atoms with Crippen molar-refractivity contribution in [3.05, 3.63) is 53.3 Å². The third-order valence-corrected chi connectivity index (χ3v) is 4.05. The lowest BCUT2D eigenvalue weighted by Gasteiger charge is -2.21. The van der Waals surface area contributed by atoms with Crippen LogP contribution in [0.15, 0.2) is 36.5 Å². The van der Waals surface area contributed by atoms with Crippen molar-refractivity contribution in [2.75, 3.05) is 18.4 Å². The van der Waals surface area contributed by atoms with Gasteiger partial charge in [-0.3, -0.25) is 9.78 Å². The number of pyridine rings is 1. The van der Waals surface area contributed by atoms with Crippen LogP contribution in [0.1, 0.15) is 48.3 Å². The van der Waals surface area contributed by atoms with E-state index in [9.17, 15) is 4.79 Å². The Morgan fingerprint density at radius 3 is 2.29 bits per heavy atom. The van der Waals surface area contributed by atoms with Crippen molar-refractivity contribution in [1.29, 1.82) is 0 Å². The topological polar surface area (TPSA) is 45.2 Å². The van der Waals surface area contributed by atoms with E-state index in [1.54, 1.807) is 6.20 Å². The third-order valence-electron chi connectivity index (χ3n) is 4.05. The quantitative estimate of drug-likeness (QED) is 0.802. The number of anilines is 2. The van der Waals surface area contributed by atoms with Crippen molar-refractivity contribution in [2.45, 2.75) is 40.5 Å². The lowest BCUT2D eigenvalue weighted by atomic mass is 10.1. The molecule has 0 fully saturated rings. The minimum atomic E-state index is 0.00226. The molecule has 4 nitrogen and oxygen atoms in total. The van der Waals surface area contributed by atoms with Crippen molar-refractivity contribution >= 4 is 17.3 Å². The van der Waals surface area contributed by atoms with Crippen LogP contribution < -0.4 is 5.32 Å². The van der Waals surface area contributed by atoms with Crippen molar-refractivity contribution in [3.8, 4) is 0 Å². The Morgan fingerprint density at radius 2 is 1.67 bits per heavy atom. The molecule has 0 atom stereocenters. The van der Waals surface area contributed by atoms with Crippen LogP contribution in [-0.4, -0.2) is 28.9 Å². The molecule has 1 amide bonds. The molecule has 1 N–H and O–H groups in total. The summed E-state index contributed by atoms with van der Waals surface area (Å²) >= 11 is 0. The van der Waals surface area contributed by atoms with E-state index in [2.05, 4.69) is 50.1 Å². The van der Waals surface area contributed by atoms with Gasteiger partial charge in [0, 0.05) is 30.7 Å². The Hall–Kier alpha value is -2.36. The van der Waals surface area contributed by atoms with E-state index in [-0.39, 0.29) is 5.91 Å². The summed E-state index contributed by atoms with van der Waals surface area (Å²) in [5, 5.41) is 3.36. The van der Waals surface area contributed by atoms with Crippen molar-refractivity contribution in [2.24, 2.45) is 0 Å². The zero-order valence-electron chi connectivity index (χ0n) is 15.1. The maximum absolute atomic E-state index is 12.7. The van der Waals surface area contributed by atoms with Crippen LogP contribution in [0, 0.1) is 13.8 Å². The number of rotatable bonds is 7. The van der Waals surface area contributed by atoms with Gasteiger partial charge in [0.15, 0.2) is 0 Å². The van der Waals surface area contributed by atoms with E-state index in [1.807, 2.05) is 23.1 Å². The zero-order chi connectivity index (χ0) is 17.5. The second kappa shape index (κ2) is 8.48. The standard InChI is InChI=1S/C20H27N3O/c1-5-11-23(12-6-2)20(24)19-14-18(9-10-21-19)22-17-8-7-15(3)16(4)13-17/h7-10,13-14H,5-6,11-12H2,1-4H3,(H,21,22). The molecule has 1 heterocycles. The van der Waals surface area contributed by atoms with Gasteiger partial charge in [-0.05, 0) is 62.1 Å². The summed E-state index contributed by atoms with van der Waals surface area (Å²) in [6.07, 6.45) is 3.59. The molecule has 4 heteroatoms. The number of aromatic nitrogens is 1. The van der Waals surface area contributed by atoms with Crippen molar-refractivity contribution in [1.82, 2.24) is 9.88 Å². The Bertz CT molecular complexity index is 691. The van der Waals surface area contributed by atoms with E-state index < -0.39 is 0 Å². The number of amides is 1. The molecule has 1 aromatic heterocycles. The van der Waals surface area contributed by atoms with Crippen molar-refractivity contribution in [3.63, 3.8) is 0 Å². The molecule has 0 saturated heterocycles. The summed E-state index contributed by atoms with van der Waals surface area (Å²) in [5.74, 6) is 0.00226. The monoisotopic (exact) mass is 325 g/mol. The van der Waals surface area contributed by atoms with Crippen LogP contribution >= 0.6 is 0 Å². The maximum Gasteiger partial charge on any atom is 0.272 e. The molecule has 1 aromatic carbocycles. The van der Waals surface area contributed by atoms with Gasteiger partial charge in [-0.1, -0.05) is 19.9 Å². The summed E-state index contributed by atoms with van der Waals surface area (Å²) in [4.78, 5) is 18.8. The van der Waals surface area contributed by atoms with Gasteiger partial charge in [-0.2, -0.15) is 0 Å². The number of carbonyl (C=O) groups is 1. The van der Waals surface area contributed by atoms with E-state index >= 15 is 0 Å². The fourth-order valence-corrected chi connectivity index (χ4v) is 2.63. The lowest BCUT2D eigenvalue weighted by Crippen LogP contribution is -2.33. The van der Waals surface area contributed by atoms with Gasteiger partial charge in [-0.25, -0.2) is 0 Å². The number of hydrogen-bond acceptors (Lipinski definition) is 3. The molecule has 0 saturated carbocycles. The van der Waals surface area contributed by atoms with Crippen LogP contribution in [0.25, 0.3) is 0 Å². The maximum atomic E-state index is 12.7. The fraction of sp³-hybridized carbons (Fsp3) is 0.400. The molecule has 0 bridgehead atoms. The molecular formula is C20H27N3O. The molecule has 0 radical (unpaired) electrons. The smallest absolute Gasteiger partial charge is 0.272 e. The molecule has 0 spiro atoms. The van der Waals surface area contributed by atoms with Crippen LogP contribution in [-0.2, 0) is 0 Å². The molecule has 0 aliphatic carbocycles.